The SMILES string of the molecule is Nc1nc(Cl)cc(N(Cc2ccccc2)C(=O)O)c1[N+](=O)[O-]. The monoisotopic (exact) mass is 322 g/mol. The number of nitrogens with zero attached hydrogens (tertiary/aromatic N) is 3. The number of rotatable bonds is 4. The average molecular weight is 323 g/mol. The molecule has 0 fully saturated rings. The Hall–Kier alpha value is -2.87. The van der Waals surface area contributed by atoms with Crippen LogP contribution in [0, 0.1) is 10.1 Å². The number of hydrogen-bond acceptors (Lipinski definition) is 5. The van der Waals surface area contributed by atoms with Crippen molar-refractivity contribution in [3.05, 3.63) is 57.2 Å². The summed E-state index contributed by atoms with van der Waals surface area (Å²) < 4.78 is 0. The first-order chi connectivity index (χ1) is 10.4. The Morgan fingerprint density at radius 1 is 1.41 bits per heavy atom. The first-order valence-corrected chi connectivity index (χ1v) is 6.42. The van der Waals surface area contributed by atoms with E-state index in [0.29, 0.717) is 5.56 Å². The minimum atomic E-state index is -1.37. The highest BCUT2D eigenvalue weighted by molar-refractivity contribution is 6.30. The molecule has 8 nitrogen and oxygen atoms in total. The summed E-state index contributed by atoms with van der Waals surface area (Å²) >= 11 is 5.75. The van der Waals surface area contributed by atoms with Crippen LogP contribution in [0.2, 0.25) is 5.15 Å². The molecule has 0 spiro atoms. The number of carbonyl (C=O) groups is 1. The molecule has 22 heavy (non-hydrogen) atoms. The van der Waals surface area contributed by atoms with Gasteiger partial charge in [0, 0.05) is 6.07 Å². The Morgan fingerprint density at radius 3 is 2.59 bits per heavy atom. The van der Waals surface area contributed by atoms with Crippen LogP contribution in [-0.2, 0) is 6.54 Å². The second-order valence-corrected chi connectivity index (χ2v) is 4.70. The van der Waals surface area contributed by atoms with Gasteiger partial charge in [0.05, 0.1) is 11.5 Å². The number of nitro groups is 1. The molecule has 0 aliphatic carbocycles. The largest absolute Gasteiger partial charge is 0.465 e. The Labute approximate surface area is 129 Å². The molecule has 0 bridgehead atoms. The Morgan fingerprint density at radius 2 is 2.05 bits per heavy atom. The van der Waals surface area contributed by atoms with Crippen LogP contribution in [0.1, 0.15) is 5.56 Å². The van der Waals surface area contributed by atoms with Crippen LogP contribution in [0.25, 0.3) is 0 Å². The van der Waals surface area contributed by atoms with Gasteiger partial charge in [-0.1, -0.05) is 41.9 Å². The first kappa shape index (κ1) is 15.5. The van der Waals surface area contributed by atoms with Crippen LogP contribution in [0.4, 0.5) is 22.0 Å². The fraction of sp³-hybridized carbons (Fsp3) is 0.0769. The van der Waals surface area contributed by atoms with Gasteiger partial charge in [-0.3, -0.25) is 15.0 Å². The van der Waals surface area contributed by atoms with E-state index >= 15 is 0 Å². The highest BCUT2D eigenvalue weighted by Crippen LogP contribution is 2.35. The lowest BCUT2D eigenvalue weighted by atomic mass is 10.2. The van der Waals surface area contributed by atoms with E-state index in [1.54, 1.807) is 30.3 Å². The Balaban J connectivity index is 2.53. The van der Waals surface area contributed by atoms with Gasteiger partial charge in [0.25, 0.3) is 0 Å². The minimum absolute atomic E-state index is 0.0865. The molecule has 114 valence electrons. The van der Waals surface area contributed by atoms with Gasteiger partial charge in [0.15, 0.2) is 0 Å². The smallest absolute Gasteiger partial charge is 0.412 e. The quantitative estimate of drug-likeness (QED) is 0.507. The van der Waals surface area contributed by atoms with Crippen molar-refractivity contribution < 1.29 is 14.8 Å². The van der Waals surface area contributed by atoms with E-state index in [0.717, 1.165) is 11.0 Å². The van der Waals surface area contributed by atoms with Crippen LogP contribution >= 0.6 is 11.6 Å². The van der Waals surface area contributed by atoms with Crippen LogP contribution in [-0.4, -0.2) is 21.1 Å². The number of carboxylic acid groups (broad SMARTS) is 1. The zero-order chi connectivity index (χ0) is 16.3. The maximum Gasteiger partial charge on any atom is 0.412 e. The number of amides is 1. The molecule has 0 saturated carbocycles. The van der Waals surface area contributed by atoms with Crippen molar-refractivity contribution in [1.29, 1.82) is 0 Å². The summed E-state index contributed by atoms with van der Waals surface area (Å²) in [4.78, 5) is 26.3. The third kappa shape index (κ3) is 3.23. The number of nitrogen functional groups attached to an aromatic ring is 1. The molecular weight excluding hydrogens is 312 g/mol. The van der Waals surface area contributed by atoms with E-state index in [-0.39, 0.29) is 17.4 Å². The Bertz CT molecular complexity index is 723. The third-order valence-corrected chi connectivity index (χ3v) is 3.05. The number of halogens is 1. The summed E-state index contributed by atoms with van der Waals surface area (Å²) in [5.74, 6) is -0.438. The van der Waals surface area contributed by atoms with Gasteiger partial charge in [0.2, 0.25) is 5.82 Å². The van der Waals surface area contributed by atoms with Crippen molar-refractivity contribution in [2.45, 2.75) is 6.54 Å². The normalized spacial score (nSPS) is 10.2. The number of aromatic nitrogens is 1. The van der Waals surface area contributed by atoms with Crippen molar-refractivity contribution >= 4 is 34.9 Å². The standard InChI is InChI=1S/C13H11ClN4O4/c14-10-6-9(11(18(21)22)12(15)16-10)17(13(19)20)7-8-4-2-1-3-5-8/h1-6H,7H2,(H2,15,16)(H,19,20). The summed E-state index contributed by atoms with van der Waals surface area (Å²) in [5, 5.41) is 20.4. The van der Waals surface area contributed by atoms with Gasteiger partial charge >= 0.3 is 11.8 Å². The van der Waals surface area contributed by atoms with Gasteiger partial charge in [-0.2, -0.15) is 0 Å². The molecule has 1 aromatic heterocycles. The third-order valence-electron chi connectivity index (χ3n) is 2.86. The predicted molar refractivity (Wildman–Crippen MR) is 81.0 cm³/mol. The molecule has 0 aliphatic rings. The fourth-order valence-corrected chi connectivity index (χ4v) is 2.12. The lowest BCUT2D eigenvalue weighted by Crippen LogP contribution is -2.29. The molecule has 0 unspecified atom stereocenters. The number of anilines is 2. The van der Waals surface area contributed by atoms with Gasteiger partial charge < -0.3 is 10.8 Å². The van der Waals surface area contributed by atoms with Crippen LogP contribution in [0.15, 0.2) is 36.4 Å². The lowest BCUT2D eigenvalue weighted by Gasteiger charge is -2.19. The summed E-state index contributed by atoms with van der Waals surface area (Å²) in [6.07, 6.45) is -1.37. The second-order valence-electron chi connectivity index (χ2n) is 4.31. The molecule has 1 amide bonds. The van der Waals surface area contributed by atoms with Gasteiger partial charge in [-0.15, -0.1) is 0 Å². The van der Waals surface area contributed by atoms with Gasteiger partial charge in [0.1, 0.15) is 10.8 Å². The maximum atomic E-state index is 11.5. The summed E-state index contributed by atoms with van der Waals surface area (Å²) in [5.41, 5.74) is 5.34. The van der Waals surface area contributed by atoms with Crippen LogP contribution in [0.3, 0.4) is 0 Å². The molecule has 1 heterocycles. The molecule has 2 rings (SSSR count). The van der Waals surface area contributed by atoms with Crippen molar-refractivity contribution in [3.63, 3.8) is 0 Å². The van der Waals surface area contributed by atoms with E-state index in [1.165, 1.54) is 0 Å². The number of pyridine rings is 1. The van der Waals surface area contributed by atoms with Crippen molar-refractivity contribution in [1.82, 2.24) is 4.98 Å². The van der Waals surface area contributed by atoms with E-state index in [1.807, 2.05) is 0 Å². The average Bonchev–Trinajstić information content (AvgIpc) is 2.44. The Kier molecular flexibility index (Phi) is 4.42. The maximum absolute atomic E-state index is 11.5. The van der Waals surface area contributed by atoms with E-state index in [4.69, 9.17) is 17.3 Å². The minimum Gasteiger partial charge on any atom is -0.465 e. The lowest BCUT2D eigenvalue weighted by molar-refractivity contribution is -0.383. The topological polar surface area (TPSA) is 123 Å². The summed E-state index contributed by atoms with van der Waals surface area (Å²) in [6, 6.07) is 9.75. The fourth-order valence-electron chi connectivity index (χ4n) is 1.93. The van der Waals surface area contributed by atoms with E-state index in [2.05, 4.69) is 4.98 Å². The molecule has 2 aromatic rings. The van der Waals surface area contributed by atoms with Crippen molar-refractivity contribution in [2.24, 2.45) is 0 Å². The summed E-state index contributed by atoms with van der Waals surface area (Å²) in [7, 11) is 0. The van der Waals surface area contributed by atoms with Crippen molar-refractivity contribution in [3.8, 4) is 0 Å². The highest BCUT2D eigenvalue weighted by atomic mass is 35.5. The van der Waals surface area contributed by atoms with Crippen LogP contribution in [0.5, 0.6) is 0 Å². The zero-order valence-electron chi connectivity index (χ0n) is 11.1. The number of hydrogen-bond donors (Lipinski definition) is 2. The van der Waals surface area contributed by atoms with Crippen LogP contribution < -0.4 is 10.6 Å². The molecule has 0 aliphatic heterocycles. The number of nitrogens with two attached hydrogens (primary N) is 1. The first-order valence-electron chi connectivity index (χ1n) is 6.05. The molecule has 1 aromatic carbocycles. The predicted octanol–water partition coefficient (Wildman–Crippen LogP) is 2.91. The highest BCUT2D eigenvalue weighted by Gasteiger charge is 2.28. The van der Waals surface area contributed by atoms with Crippen molar-refractivity contribution in [2.75, 3.05) is 10.6 Å². The molecule has 0 saturated heterocycles. The molecular formula is C13H11ClN4O4. The van der Waals surface area contributed by atoms with E-state index in [9.17, 15) is 20.0 Å². The number of benzene rings is 1. The molecule has 0 atom stereocenters. The summed E-state index contributed by atoms with van der Waals surface area (Å²) in [6.45, 7) is -0.0865. The van der Waals surface area contributed by atoms with E-state index < -0.39 is 22.5 Å². The zero-order valence-corrected chi connectivity index (χ0v) is 11.9. The second kappa shape index (κ2) is 6.27. The molecule has 3 N–H and O–H groups in total. The molecule has 0 radical (unpaired) electrons. The molecule has 9 heteroatoms. The van der Waals surface area contributed by atoms with Gasteiger partial charge in [-0.05, 0) is 5.56 Å². The van der Waals surface area contributed by atoms with Gasteiger partial charge in [-0.25, -0.2) is 9.78 Å².